The lowest BCUT2D eigenvalue weighted by atomic mass is 9.85. The topological polar surface area (TPSA) is 40.7 Å². The molecule has 8 aromatic rings. The summed E-state index contributed by atoms with van der Waals surface area (Å²) in [6.45, 7) is 80.7. The highest BCUT2D eigenvalue weighted by Gasteiger charge is 2.33. The Morgan fingerprint density at radius 3 is 0.890 bits per heavy atom. The van der Waals surface area contributed by atoms with Crippen molar-refractivity contribution < 1.29 is 17.9 Å². The Labute approximate surface area is 884 Å². The molecule has 0 amide bonds. The van der Waals surface area contributed by atoms with Crippen molar-refractivity contribution in [3.63, 3.8) is 0 Å². The van der Waals surface area contributed by atoms with E-state index in [1.165, 1.54) is 255 Å². The number of aryl methyl sites for hydroxylation is 6. The fraction of sp³-hybridized carbons (Fsp3) is 0.552. The van der Waals surface area contributed by atoms with Gasteiger partial charge in [-0.15, -0.1) is 0 Å². The second-order valence-corrected chi connectivity index (χ2v) is 46.6. The number of allylic oxidation sites excluding steroid dienone is 6. The molecule has 12 atom stereocenters. The van der Waals surface area contributed by atoms with Crippen LogP contribution >= 0.6 is 0 Å². The van der Waals surface area contributed by atoms with Crippen molar-refractivity contribution in [1.82, 2.24) is 34.7 Å². The van der Waals surface area contributed by atoms with Crippen molar-refractivity contribution in [2.45, 2.75) is 368 Å². The number of benzene rings is 8. The molecular formula is C134H198F3N7O. The largest absolute Gasteiger partial charge is 0.416 e. The summed E-state index contributed by atoms with van der Waals surface area (Å²) in [6.07, 6.45) is 26.7. The maximum atomic E-state index is 12.7. The van der Waals surface area contributed by atoms with Gasteiger partial charge in [0, 0.05) is 88.6 Å². The average molecular weight is 1980 g/mol. The van der Waals surface area contributed by atoms with Gasteiger partial charge in [-0.1, -0.05) is 367 Å². The monoisotopic (exact) mass is 1980 g/mol. The Hall–Kier alpha value is -8.33. The molecule has 8 aromatic carbocycles. The molecule has 796 valence electrons. The van der Waals surface area contributed by atoms with Crippen molar-refractivity contribution in [1.29, 1.82) is 0 Å². The summed E-state index contributed by atoms with van der Waals surface area (Å²) in [4.78, 5) is 16.1. The molecule has 5 saturated heterocycles. The number of hydrogen-bond donors (Lipinski definition) is 1. The predicted octanol–water partition coefficient (Wildman–Crippen LogP) is 34.1. The third-order valence-corrected chi connectivity index (χ3v) is 30.6. The zero-order valence-electron chi connectivity index (χ0n) is 96.0. The summed E-state index contributed by atoms with van der Waals surface area (Å²) in [5.74, 6) is 6.60. The quantitative estimate of drug-likeness (QED) is 0.0390. The first kappa shape index (κ1) is 122. The normalized spacial score (nSPS) is 17.9. The van der Waals surface area contributed by atoms with E-state index in [-0.39, 0.29) is 6.04 Å². The zero-order chi connectivity index (χ0) is 106. The summed E-state index contributed by atoms with van der Waals surface area (Å²) >= 11 is 0. The van der Waals surface area contributed by atoms with Crippen molar-refractivity contribution in [3.8, 4) is 0 Å². The Kier molecular flexibility index (Phi) is 53.5. The molecule has 11 heteroatoms. The fourth-order valence-corrected chi connectivity index (χ4v) is 21.7. The van der Waals surface area contributed by atoms with Crippen LogP contribution in [0.4, 0.5) is 13.2 Å². The number of rotatable bonds is 36. The van der Waals surface area contributed by atoms with Gasteiger partial charge in [0.05, 0.1) is 18.8 Å². The van der Waals surface area contributed by atoms with Crippen LogP contribution in [0, 0.1) is 59.3 Å². The number of likely N-dealkylation sites (tertiary alicyclic amines) is 3. The molecule has 8 nitrogen and oxygen atoms in total. The molecule has 0 radical (unpaired) electrons. The SMILES string of the molecule is CC(C)=CC(C[C@H](C)c1ccc(C)cc1)N1CCC(C(C)C)CC1.CC(C)=CC(C[C@H](C)c1ccc(C)cc1)N1CCC(c2ccccc2)CC1.CC(C)=CC(C[C@H](C)c1ccc(C)cc1)N1CCCCC1.CC(C)=CC(C[C@H](C)c1ccc(C)cc1)N1CCN(CC(C)C)CC1.CC(C)=CC(C[C@H](C)c1ccc(C)cc1)N1CCOCC1.CC(C)=CC(C[C@H](C)c1ccc(C)cc1)NCc1ccc(C(F)(F)F)cc1. The summed E-state index contributed by atoms with van der Waals surface area (Å²) in [5.41, 5.74) is 26.7. The van der Waals surface area contributed by atoms with E-state index in [0.29, 0.717) is 72.3 Å². The van der Waals surface area contributed by atoms with E-state index < -0.39 is 11.7 Å². The van der Waals surface area contributed by atoms with Gasteiger partial charge in [0.25, 0.3) is 0 Å². The molecular weight excluding hydrogens is 1780 g/mol. The molecule has 5 aliphatic rings. The highest BCUT2D eigenvalue weighted by molar-refractivity contribution is 5.33. The first-order chi connectivity index (χ1) is 69.0. The number of hydrogen-bond acceptors (Lipinski definition) is 8. The van der Waals surface area contributed by atoms with E-state index in [1.807, 2.05) is 0 Å². The van der Waals surface area contributed by atoms with Gasteiger partial charge in [-0.25, -0.2) is 0 Å². The maximum Gasteiger partial charge on any atom is 0.416 e. The number of alkyl halides is 3. The molecule has 0 spiro atoms. The Morgan fingerprint density at radius 2 is 0.600 bits per heavy atom. The van der Waals surface area contributed by atoms with Crippen molar-refractivity contribution >= 4 is 0 Å². The smallest absolute Gasteiger partial charge is 0.379 e. The van der Waals surface area contributed by atoms with Gasteiger partial charge in [0.2, 0.25) is 0 Å². The molecule has 13 rings (SSSR count). The summed E-state index contributed by atoms with van der Waals surface area (Å²) < 4.78 is 43.5. The standard InChI is InChI=1S/C26H35N.C23H28F3N.C23H38N2.C23H37N.C20H31N.C19H29NO/c1-20(2)18-26(19-22(4)23-12-10-21(3)11-13-23)27-16-14-25(15-17-27)24-8-6-5-7-9-24;1-16(2)13-22(14-18(4)20-9-5-17(3)6-10-20)27-15-19-7-11-21(12-8-19)23(24,25)26;1-18(2)15-23(16-21(6)22-9-7-20(5)8-10-22)25-13-11-24(12-14-25)17-19(3)4;1-17(2)15-23(24-13-11-21(12-14-24)18(3)4)16-20(6)22-9-7-19(5)8-10-22;1-16(2)14-20(21-12-6-5-7-13-21)15-18(4)19-10-8-17(3)9-11-19;1-15(2)13-19(20-9-11-21-12-10-20)14-17(4)18-7-5-16(3)6-8-18/h5-13,18,22,25-26H,14-17,19H2,1-4H3;5-13,18,22,27H,14-15H2,1-4H3;7-10,15,19,21,23H,11-14,16-17H2,1-6H3;7-10,15,18,20-21,23H,11-14,16H2,1-6H3;8-11,14,18,20H,5-7,12-13,15H2,1-4H3;5-8,13,17,19H,9-12,14H2,1-4H3/t22-,26?;18-,22?;21-,23?;20-,23?;18-,20?;17-,19?/m000000/s1. The van der Waals surface area contributed by atoms with Gasteiger partial charge in [-0.05, 0) is 357 Å². The number of piperidine rings is 3. The number of morpholine rings is 1. The number of nitrogens with one attached hydrogen (secondary N) is 1. The van der Waals surface area contributed by atoms with Crippen molar-refractivity contribution in [2.24, 2.45) is 17.8 Å². The predicted molar refractivity (Wildman–Crippen MR) is 623 cm³/mol. The van der Waals surface area contributed by atoms with Crippen LogP contribution in [-0.2, 0) is 17.5 Å². The van der Waals surface area contributed by atoms with E-state index in [2.05, 4.69) is 441 Å². The lowest BCUT2D eigenvalue weighted by Gasteiger charge is -2.40. The number of nitrogens with zero attached hydrogens (tertiary/aromatic N) is 6. The van der Waals surface area contributed by atoms with E-state index in [0.717, 1.165) is 74.1 Å². The van der Waals surface area contributed by atoms with Gasteiger partial charge < -0.3 is 15.0 Å². The number of halogens is 3. The van der Waals surface area contributed by atoms with E-state index in [1.54, 1.807) is 12.1 Å². The van der Waals surface area contributed by atoms with Crippen molar-refractivity contribution in [2.75, 3.05) is 98.3 Å². The minimum absolute atomic E-state index is 0.161. The highest BCUT2D eigenvalue weighted by Crippen LogP contribution is 2.37. The lowest BCUT2D eigenvalue weighted by Crippen LogP contribution is -2.50. The second-order valence-electron chi connectivity index (χ2n) is 46.6. The summed E-state index contributed by atoms with van der Waals surface area (Å²) in [7, 11) is 0. The van der Waals surface area contributed by atoms with Crippen LogP contribution in [0.15, 0.2) is 270 Å². The first-order valence-electron chi connectivity index (χ1n) is 56.3. The van der Waals surface area contributed by atoms with Crippen LogP contribution in [-0.4, -0.2) is 164 Å². The van der Waals surface area contributed by atoms with Gasteiger partial charge in [-0.3, -0.25) is 24.5 Å². The minimum atomic E-state index is -4.29. The molecule has 5 aliphatic heterocycles. The highest BCUT2D eigenvalue weighted by atomic mass is 19.4. The van der Waals surface area contributed by atoms with E-state index >= 15 is 0 Å². The molecule has 5 fully saturated rings. The third-order valence-electron chi connectivity index (χ3n) is 30.6. The van der Waals surface area contributed by atoms with Crippen LogP contribution in [0.3, 0.4) is 0 Å². The number of piperazine rings is 1. The van der Waals surface area contributed by atoms with Gasteiger partial charge in [0.15, 0.2) is 0 Å². The average Bonchev–Trinajstić information content (AvgIpc) is 0.840. The zero-order valence-corrected chi connectivity index (χ0v) is 96.0. The maximum absolute atomic E-state index is 12.7. The molecule has 6 unspecified atom stereocenters. The molecule has 0 bridgehead atoms. The minimum Gasteiger partial charge on any atom is -0.379 e. The first-order valence-corrected chi connectivity index (χ1v) is 56.3. The van der Waals surface area contributed by atoms with Gasteiger partial charge in [0.1, 0.15) is 0 Å². The molecule has 145 heavy (non-hydrogen) atoms. The Morgan fingerprint density at radius 1 is 0.317 bits per heavy atom. The van der Waals surface area contributed by atoms with Crippen LogP contribution in [0.25, 0.3) is 0 Å². The second kappa shape index (κ2) is 63.6. The van der Waals surface area contributed by atoms with Crippen molar-refractivity contribution in [3.05, 3.63) is 354 Å². The molecule has 0 aliphatic carbocycles. The Balaban J connectivity index is 0.000000213. The number of ether oxygens (including phenoxy) is 1. The fourth-order valence-electron chi connectivity index (χ4n) is 21.7. The molecule has 0 aromatic heterocycles. The van der Waals surface area contributed by atoms with Crippen LogP contribution in [0.1, 0.15) is 361 Å². The van der Waals surface area contributed by atoms with E-state index in [4.69, 9.17) is 4.74 Å². The Bertz CT molecular complexity index is 4970. The summed E-state index contributed by atoms with van der Waals surface area (Å²) in [5, 5.41) is 3.48. The molecule has 5 heterocycles. The van der Waals surface area contributed by atoms with Crippen LogP contribution in [0.5, 0.6) is 0 Å². The summed E-state index contributed by atoms with van der Waals surface area (Å²) in [6, 6.07) is 73.4. The van der Waals surface area contributed by atoms with Crippen LogP contribution in [0.2, 0.25) is 0 Å². The van der Waals surface area contributed by atoms with Gasteiger partial charge >= 0.3 is 6.18 Å². The molecule has 1 N–H and O–H groups in total. The van der Waals surface area contributed by atoms with Crippen LogP contribution < -0.4 is 5.32 Å². The third kappa shape index (κ3) is 45.6. The lowest BCUT2D eigenvalue weighted by molar-refractivity contribution is -0.137. The molecule has 0 saturated carbocycles. The van der Waals surface area contributed by atoms with E-state index in [9.17, 15) is 13.2 Å². The van der Waals surface area contributed by atoms with Gasteiger partial charge in [-0.2, -0.15) is 13.2 Å².